The van der Waals surface area contributed by atoms with Crippen molar-refractivity contribution in [2.75, 3.05) is 13.1 Å². The van der Waals surface area contributed by atoms with Crippen molar-refractivity contribution >= 4 is 29.7 Å². The summed E-state index contributed by atoms with van der Waals surface area (Å²) < 4.78 is 0. The summed E-state index contributed by atoms with van der Waals surface area (Å²) in [6.45, 7) is 5.66. The Bertz CT molecular complexity index is 731. The summed E-state index contributed by atoms with van der Waals surface area (Å²) in [5, 5.41) is 2.82. The van der Waals surface area contributed by atoms with Crippen molar-refractivity contribution < 1.29 is 4.79 Å². The highest BCUT2D eigenvalue weighted by Gasteiger charge is 2.30. The SMILES string of the molecule is Cc1cccc(C2CCCCN2C(=O)c2csc(CCN)n2)c1C.Cl. The van der Waals surface area contributed by atoms with Gasteiger partial charge >= 0.3 is 0 Å². The summed E-state index contributed by atoms with van der Waals surface area (Å²) in [5.74, 6) is 0.0557. The van der Waals surface area contributed by atoms with Gasteiger partial charge in [0.1, 0.15) is 5.69 Å². The average molecular weight is 380 g/mol. The second kappa shape index (κ2) is 8.79. The zero-order valence-electron chi connectivity index (χ0n) is 14.8. The van der Waals surface area contributed by atoms with E-state index in [9.17, 15) is 4.79 Å². The molecular formula is C19H26ClN3OS. The molecule has 6 heteroatoms. The topological polar surface area (TPSA) is 59.2 Å². The molecule has 0 spiro atoms. The third-order valence-corrected chi connectivity index (χ3v) is 5.81. The van der Waals surface area contributed by atoms with Crippen molar-refractivity contribution in [2.45, 2.75) is 45.6 Å². The average Bonchev–Trinajstić information content (AvgIpc) is 3.06. The molecule has 0 saturated carbocycles. The maximum Gasteiger partial charge on any atom is 0.273 e. The van der Waals surface area contributed by atoms with E-state index in [0.29, 0.717) is 12.2 Å². The maximum atomic E-state index is 13.0. The van der Waals surface area contributed by atoms with Crippen molar-refractivity contribution in [3.05, 3.63) is 51.0 Å². The van der Waals surface area contributed by atoms with Crippen molar-refractivity contribution in [1.29, 1.82) is 0 Å². The molecule has 0 aliphatic carbocycles. The Morgan fingerprint density at radius 3 is 2.92 bits per heavy atom. The number of nitrogens with zero attached hydrogens (tertiary/aromatic N) is 2. The van der Waals surface area contributed by atoms with Crippen molar-refractivity contribution in [3.8, 4) is 0 Å². The van der Waals surface area contributed by atoms with Crippen LogP contribution >= 0.6 is 23.7 Å². The summed E-state index contributed by atoms with van der Waals surface area (Å²) in [4.78, 5) is 19.5. The lowest BCUT2D eigenvalue weighted by Gasteiger charge is -2.36. The van der Waals surface area contributed by atoms with Crippen LogP contribution in [0.15, 0.2) is 23.6 Å². The first-order valence-electron chi connectivity index (χ1n) is 8.63. The van der Waals surface area contributed by atoms with Gasteiger partial charge in [-0.2, -0.15) is 0 Å². The van der Waals surface area contributed by atoms with Gasteiger partial charge in [0.2, 0.25) is 0 Å². The Labute approximate surface area is 159 Å². The van der Waals surface area contributed by atoms with Gasteiger partial charge in [-0.15, -0.1) is 23.7 Å². The van der Waals surface area contributed by atoms with Crippen LogP contribution in [0, 0.1) is 13.8 Å². The van der Waals surface area contributed by atoms with Gasteiger partial charge in [0.15, 0.2) is 0 Å². The lowest BCUT2D eigenvalue weighted by atomic mass is 9.90. The minimum Gasteiger partial charge on any atom is -0.330 e. The van der Waals surface area contributed by atoms with Crippen LogP contribution in [0.1, 0.15) is 57.5 Å². The molecular weight excluding hydrogens is 354 g/mol. The van der Waals surface area contributed by atoms with Crippen molar-refractivity contribution in [1.82, 2.24) is 9.88 Å². The van der Waals surface area contributed by atoms with E-state index in [2.05, 4.69) is 37.0 Å². The van der Waals surface area contributed by atoms with E-state index < -0.39 is 0 Å². The Balaban J connectivity index is 0.00000225. The number of amides is 1. The van der Waals surface area contributed by atoms with Gasteiger partial charge in [0.25, 0.3) is 5.91 Å². The number of likely N-dealkylation sites (tertiary alicyclic amines) is 1. The third-order valence-electron chi connectivity index (χ3n) is 4.90. The molecule has 0 radical (unpaired) electrons. The summed E-state index contributed by atoms with van der Waals surface area (Å²) in [7, 11) is 0. The number of thiazole rings is 1. The highest BCUT2D eigenvalue weighted by atomic mass is 35.5. The summed E-state index contributed by atoms with van der Waals surface area (Å²) in [5.41, 5.74) is 10.0. The van der Waals surface area contributed by atoms with Crippen molar-refractivity contribution in [3.63, 3.8) is 0 Å². The number of nitrogens with two attached hydrogens (primary N) is 1. The second-order valence-corrected chi connectivity index (χ2v) is 7.41. The first-order chi connectivity index (χ1) is 11.6. The smallest absolute Gasteiger partial charge is 0.273 e. The number of hydrogen-bond donors (Lipinski definition) is 1. The molecule has 2 N–H and O–H groups in total. The minimum atomic E-state index is 0. The van der Waals surface area contributed by atoms with Crippen LogP contribution in [0.2, 0.25) is 0 Å². The molecule has 4 nitrogen and oxygen atoms in total. The number of aromatic nitrogens is 1. The summed E-state index contributed by atoms with van der Waals surface area (Å²) in [6, 6.07) is 6.55. The highest BCUT2D eigenvalue weighted by molar-refractivity contribution is 7.09. The predicted molar refractivity (Wildman–Crippen MR) is 106 cm³/mol. The van der Waals surface area contributed by atoms with E-state index in [1.165, 1.54) is 28.0 Å². The molecule has 136 valence electrons. The molecule has 1 fully saturated rings. The molecule has 1 aliphatic rings. The molecule has 1 unspecified atom stereocenters. The summed E-state index contributed by atoms with van der Waals surface area (Å²) in [6.07, 6.45) is 3.98. The largest absolute Gasteiger partial charge is 0.330 e. The number of piperidine rings is 1. The van der Waals surface area contributed by atoms with E-state index in [4.69, 9.17) is 5.73 Å². The first kappa shape index (κ1) is 19.9. The molecule has 0 bridgehead atoms. The Hall–Kier alpha value is -1.43. The molecule has 2 aromatic rings. The van der Waals surface area contributed by atoms with E-state index in [1.807, 2.05) is 10.3 Å². The number of carbonyl (C=O) groups is 1. The van der Waals surface area contributed by atoms with Gasteiger partial charge in [-0.1, -0.05) is 18.2 Å². The van der Waals surface area contributed by atoms with Crippen LogP contribution in [0.5, 0.6) is 0 Å². The Kier molecular flexibility index (Phi) is 6.99. The van der Waals surface area contributed by atoms with E-state index in [1.54, 1.807) is 0 Å². The Morgan fingerprint density at radius 2 is 2.16 bits per heavy atom. The standard InChI is InChI=1S/C19H25N3OS.ClH/c1-13-6-5-7-15(14(13)2)17-8-3-4-11-22(17)19(23)16-12-24-18(21-16)9-10-20;/h5-7,12,17H,3-4,8-11,20H2,1-2H3;1H. The van der Waals surface area contributed by atoms with Gasteiger partial charge in [0, 0.05) is 18.3 Å². The number of carbonyl (C=O) groups excluding carboxylic acids is 1. The predicted octanol–water partition coefficient (Wildman–Crippen LogP) is 4.05. The fourth-order valence-corrected chi connectivity index (χ4v) is 4.22. The molecule has 1 saturated heterocycles. The number of aryl methyl sites for hydroxylation is 1. The molecule has 3 rings (SSSR count). The van der Waals surface area contributed by atoms with Crippen LogP contribution in [0.4, 0.5) is 0 Å². The normalized spacial score (nSPS) is 17.2. The van der Waals surface area contributed by atoms with Crippen LogP contribution in [-0.4, -0.2) is 28.9 Å². The molecule has 1 amide bonds. The fourth-order valence-electron chi connectivity index (χ4n) is 3.43. The molecule has 1 aliphatic heterocycles. The molecule has 1 aromatic carbocycles. The quantitative estimate of drug-likeness (QED) is 0.871. The van der Waals surface area contributed by atoms with E-state index >= 15 is 0 Å². The summed E-state index contributed by atoms with van der Waals surface area (Å²) >= 11 is 1.53. The highest BCUT2D eigenvalue weighted by Crippen LogP contribution is 2.34. The van der Waals surface area contributed by atoms with Crippen LogP contribution < -0.4 is 5.73 Å². The maximum absolute atomic E-state index is 13.0. The Morgan fingerprint density at radius 1 is 1.36 bits per heavy atom. The monoisotopic (exact) mass is 379 g/mol. The van der Waals surface area contributed by atoms with Gasteiger partial charge in [-0.3, -0.25) is 4.79 Å². The first-order valence-corrected chi connectivity index (χ1v) is 9.51. The van der Waals surface area contributed by atoms with Gasteiger partial charge in [0.05, 0.1) is 11.0 Å². The zero-order chi connectivity index (χ0) is 17.1. The third kappa shape index (κ3) is 4.22. The lowest BCUT2D eigenvalue weighted by molar-refractivity contribution is 0.0605. The second-order valence-electron chi connectivity index (χ2n) is 6.46. The number of hydrogen-bond acceptors (Lipinski definition) is 4. The number of benzene rings is 1. The lowest BCUT2D eigenvalue weighted by Crippen LogP contribution is -2.39. The fraction of sp³-hybridized carbons (Fsp3) is 0.474. The van der Waals surface area contributed by atoms with Crippen LogP contribution in [0.25, 0.3) is 0 Å². The minimum absolute atomic E-state index is 0. The molecule has 2 heterocycles. The molecule has 1 aromatic heterocycles. The zero-order valence-corrected chi connectivity index (χ0v) is 16.5. The van der Waals surface area contributed by atoms with Crippen molar-refractivity contribution in [2.24, 2.45) is 5.73 Å². The molecule has 1 atom stereocenters. The van der Waals surface area contributed by atoms with E-state index in [0.717, 1.165) is 37.2 Å². The van der Waals surface area contributed by atoms with Gasteiger partial charge in [-0.05, 0) is 56.3 Å². The molecule has 25 heavy (non-hydrogen) atoms. The number of rotatable bonds is 4. The van der Waals surface area contributed by atoms with Crippen LogP contribution in [0.3, 0.4) is 0 Å². The number of halogens is 1. The van der Waals surface area contributed by atoms with Gasteiger partial charge < -0.3 is 10.6 Å². The van der Waals surface area contributed by atoms with Crippen LogP contribution in [-0.2, 0) is 6.42 Å². The van der Waals surface area contributed by atoms with Gasteiger partial charge in [-0.25, -0.2) is 4.98 Å². The van der Waals surface area contributed by atoms with E-state index in [-0.39, 0.29) is 24.4 Å².